The van der Waals surface area contributed by atoms with Crippen LogP contribution in [0.25, 0.3) is 0 Å². The van der Waals surface area contributed by atoms with Gasteiger partial charge >= 0.3 is 0 Å². The van der Waals surface area contributed by atoms with Gasteiger partial charge in [-0.15, -0.1) is 0 Å². The van der Waals surface area contributed by atoms with Crippen molar-refractivity contribution in [2.75, 3.05) is 37.0 Å². The Hall–Kier alpha value is -1.36. The van der Waals surface area contributed by atoms with Crippen LogP contribution in [0.2, 0.25) is 0 Å². The first-order chi connectivity index (χ1) is 8.13. The molecule has 1 aromatic heterocycles. The molecule has 5 heteroatoms. The van der Waals surface area contributed by atoms with Gasteiger partial charge in [0.2, 0.25) is 0 Å². The van der Waals surface area contributed by atoms with Crippen LogP contribution in [0.15, 0.2) is 0 Å². The molecule has 1 heterocycles. The van der Waals surface area contributed by atoms with Crippen molar-refractivity contribution < 1.29 is 5.11 Å². The number of nitrogens with zero attached hydrogens (tertiary/aromatic N) is 3. The molecule has 0 unspecified atom stereocenters. The Morgan fingerprint density at radius 1 is 1.29 bits per heavy atom. The van der Waals surface area contributed by atoms with Gasteiger partial charge in [-0.2, -0.15) is 0 Å². The summed E-state index contributed by atoms with van der Waals surface area (Å²) in [5.74, 6) is 2.59. The van der Waals surface area contributed by atoms with Crippen molar-refractivity contribution in [2.24, 2.45) is 0 Å². The highest BCUT2D eigenvalue weighted by molar-refractivity contribution is 5.58. The van der Waals surface area contributed by atoms with Crippen molar-refractivity contribution in [3.8, 4) is 0 Å². The van der Waals surface area contributed by atoms with Gasteiger partial charge in [0.05, 0.1) is 0 Å². The molecule has 0 aromatic carbocycles. The van der Waals surface area contributed by atoms with E-state index in [2.05, 4.69) is 27.1 Å². The third kappa shape index (κ3) is 3.30. The van der Waals surface area contributed by atoms with Crippen molar-refractivity contribution in [3.63, 3.8) is 0 Å². The molecule has 0 amide bonds. The number of nitrogens with one attached hydrogen (secondary N) is 1. The summed E-state index contributed by atoms with van der Waals surface area (Å²) in [5.41, 5.74) is 1.05. The molecule has 0 aliphatic heterocycles. The van der Waals surface area contributed by atoms with Gasteiger partial charge in [0, 0.05) is 32.3 Å². The van der Waals surface area contributed by atoms with E-state index in [0.717, 1.165) is 42.5 Å². The van der Waals surface area contributed by atoms with Gasteiger partial charge < -0.3 is 15.3 Å². The molecule has 0 fully saturated rings. The SMILES string of the molecule is CCN(CCCO)c1nc(C)nc(NC)c1C. The Labute approximate surface area is 103 Å². The van der Waals surface area contributed by atoms with Crippen molar-refractivity contribution in [3.05, 3.63) is 11.4 Å². The Morgan fingerprint density at radius 2 is 2.00 bits per heavy atom. The average Bonchev–Trinajstić information content (AvgIpc) is 2.33. The lowest BCUT2D eigenvalue weighted by atomic mass is 10.2. The van der Waals surface area contributed by atoms with Gasteiger partial charge in [0.1, 0.15) is 17.5 Å². The molecule has 0 saturated heterocycles. The smallest absolute Gasteiger partial charge is 0.137 e. The monoisotopic (exact) mass is 238 g/mol. The Bertz CT molecular complexity index is 368. The standard InChI is InChI=1S/C12H22N4O/c1-5-16(7-6-8-17)12-9(2)11(13-4)14-10(3)15-12/h17H,5-8H2,1-4H3,(H,13,14,15). The maximum absolute atomic E-state index is 8.91. The van der Waals surface area contributed by atoms with Crippen LogP contribution in [0.4, 0.5) is 11.6 Å². The van der Waals surface area contributed by atoms with Crippen LogP contribution in [0.3, 0.4) is 0 Å². The van der Waals surface area contributed by atoms with Crippen LogP contribution >= 0.6 is 0 Å². The lowest BCUT2D eigenvalue weighted by molar-refractivity contribution is 0.289. The van der Waals surface area contributed by atoms with E-state index in [1.165, 1.54) is 0 Å². The minimum absolute atomic E-state index is 0.207. The van der Waals surface area contributed by atoms with E-state index in [4.69, 9.17) is 5.11 Å². The second kappa shape index (κ2) is 6.39. The van der Waals surface area contributed by atoms with Gasteiger partial charge in [-0.1, -0.05) is 0 Å². The lowest BCUT2D eigenvalue weighted by Gasteiger charge is -2.24. The maximum Gasteiger partial charge on any atom is 0.137 e. The van der Waals surface area contributed by atoms with E-state index in [9.17, 15) is 0 Å². The van der Waals surface area contributed by atoms with Gasteiger partial charge in [0.25, 0.3) is 0 Å². The third-order valence-corrected chi connectivity index (χ3v) is 2.74. The molecule has 0 aliphatic carbocycles. The summed E-state index contributed by atoms with van der Waals surface area (Å²) < 4.78 is 0. The van der Waals surface area contributed by atoms with Crippen LogP contribution in [0.1, 0.15) is 24.7 Å². The molecular formula is C12H22N4O. The molecule has 0 atom stereocenters. The summed E-state index contributed by atoms with van der Waals surface area (Å²) in [6.45, 7) is 7.89. The van der Waals surface area contributed by atoms with E-state index in [1.807, 2.05) is 20.9 Å². The zero-order valence-corrected chi connectivity index (χ0v) is 11.1. The van der Waals surface area contributed by atoms with E-state index in [1.54, 1.807) is 0 Å². The first-order valence-electron chi connectivity index (χ1n) is 6.02. The topological polar surface area (TPSA) is 61.3 Å². The highest BCUT2D eigenvalue weighted by Gasteiger charge is 2.13. The van der Waals surface area contributed by atoms with Crippen molar-refractivity contribution in [1.29, 1.82) is 0 Å². The minimum Gasteiger partial charge on any atom is -0.396 e. The van der Waals surface area contributed by atoms with Crippen LogP contribution in [-0.2, 0) is 0 Å². The second-order valence-corrected chi connectivity index (χ2v) is 3.97. The normalized spacial score (nSPS) is 10.4. The molecule has 2 N–H and O–H groups in total. The average molecular weight is 238 g/mol. The molecule has 0 saturated carbocycles. The van der Waals surface area contributed by atoms with E-state index >= 15 is 0 Å². The van der Waals surface area contributed by atoms with Crippen molar-refractivity contribution >= 4 is 11.6 Å². The zero-order valence-electron chi connectivity index (χ0n) is 11.1. The molecule has 1 rings (SSSR count). The molecule has 0 aliphatic rings. The van der Waals surface area contributed by atoms with Crippen LogP contribution < -0.4 is 10.2 Å². The second-order valence-electron chi connectivity index (χ2n) is 3.97. The first kappa shape index (κ1) is 13.7. The highest BCUT2D eigenvalue weighted by atomic mass is 16.3. The van der Waals surface area contributed by atoms with Crippen molar-refractivity contribution in [2.45, 2.75) is 27.2 Å². The number of aliphatic hydroxyl groups is 1. The van der Waals surface area contributed by atoms with Crippen LogP contribution in [0.5, 0.6) is 0 Å². The van der Waals surface area contributed by atoms with E-state index in [-0.39, 0.29) is 6.61 Å². The lowest BCUT2D eigenvalue weighted by Crippen LogP contribution is -2.27. The summed E-state index contributed by atoms with van der Waals surface area (Å²) in [6, 6.07) is 0. The molecule has 0 spiro atoms. The number of hydrogen-bond acceptors (Lipinski definition) is 5. The molecular weight excluding hydrogens is 216 g/mol. The third-order valence-electron chi connectivity index (χ3n) is 2.74. The maximum atomic E-state index is 8.91. The van der Waals surface area contributed by atoms with E-state index < -0.39 is 0 Å². The fourth-order valence-electron chi connectivity index (χ4n) is 1.84. The zero-order chi connectivity index (χ0) is 12.8. The fourth-order valence-corrected chi connectivity index (χ4v) is 1.84. The molecule has 0 bridgehead atoms. The summed E-state index contributed by atoms with van der Waals surface area (Å²) in [5, 5.41) is 12.0. The highest BCUT2D eigenvalue weighted by Crippen LogP contribution is 2.23. The first-order valence-corrected chi connectivity index (χ1v) is 6.02. The van der Waals surface area contributed by atoms with Crippen LogP contribution in [-0.4, -0.2) is 41.8 Å². The molecule has 5 nitrogen and oxygen atoms in total. The molecule has 96 valence electrons. The summed E-state index contributed by atoms with van der Waals surface area (Å²) >= 11 is 0. The van der Waals surface area contributed by atoms with Gasteiger partial charge in [-0.25, -0.2) is 9.97 Å². The summed E-state index contributed by atoms with van der Waals surface area (Å²) in [4.78, 5) is 11.0. The van der Waals surface area contributed by atoms with Crippen LogP contribution in [0, 0.1) is 13.8 Å². The molecule has 1 aromatic rings. The number of rotatable bonds is 6. The predicted molar refractivity (Wildman–Crippen MR) is 70.6 cm³/mol. The largest absolute Gasteiger partial charge is 0.396 e. The Balaban J connectivity index is 3.05. The predicted octanol–water partition coefficient (Wildman–Crippen LogP) is 1.34. The number of aryl methyl sites for hydroxylation is 1. The number of aliphatic hydroxyl groups excluding tert-OH is 1. The molecule has 17 heavy (non-hydrogen) atoms. The Morgan fingerprint density at radius 3 is 2.53 bits per heavy atom. The van der Waals surface area contributed by atoms with Gasteiger partial charge in [-0.05, 0) is 27.2 Å². The summed E-state index contributed by atoms with van der Waals surface area (Å²) in [6.07, 6.45) is 0.755. The van der Waals surface area contributed by atoms with Gasteiger partial charge in [-0.3, -0.25) is 0 Å². The van der Waals surface area contributed by atoms with Gasteiger partial charge in [0.15, 0.2) is 0 Å². The quantitative estimate of drug-likeness (QED) is 0.783. The molecule has 0 radical (unpaired) electrons. The number of anilines is 2. The number of hydrogen-bond donors (Lipinski definition) is 2. The Kier molecular flexibility index (Phi) is 5.15. The summed E-state index contributed by atoms with van der Waals surface area (Å²) in [7, 11) is 1.86. The van der Waals surface area contributed by atoms with E-state index in [0.29, 0.717) is 0 Å². The fraction of sp³-hybridized carbons (Fsp3) is 0.667. The number of aromatic nitrogens is 2. The van der Waals surface area contributed by atoms with Crippen molar-refractivity contribution in [1.82, 2.24) is 9.97 Å². The minimum atomic E-state index is 0.207.